The normalized spacial score (nSPS) is 25.9. The van der Waals surface area contributed by atoms with Crippen molar-refractivity contribution < 1.29 is 9.59 Å². The number of benzene rings is 1. The molecule has 0 unspecified atom stereocenters. The minimum absolute atomic E-state index is 0.0547. The number of rotatable bonds is 3. The molecule has 2 N–H and O–H groups in total. The monoisotopic (exact) mass is 394 g/mol. The molecular weight excluding hydrogens is 372 g/mol. The van der Waals surface area contributed by atoms with Gasteiger partial charge >= 0.3 is 5.69 Å². The third-order valence-corrected chi connectivity index (χ3v) is 6.35. The fraction of sp³-hybridized carbons (Fsp3) is 0.429. The molecule has 5 rings (SSSR count). The van der Waals surface area contributed by atoms with Crippen molar-refractivity contribution in [2.45, 2.75) is 18.9 Å². The number of carbonyl (C=O) groups excluding carboxylic acids is 2. The van der Waals surface area contributed by atoms with Crippen LogP contribution in [0.5, 0.6) is 0 Å². The lowest BCUT2D eigenvalue weighted by atomic mass is 9.89. The van der Waals surface area contributed by atoms with Gasteiger partial charge < -0.3 is 14.8 Å². The van der Waals surface area contributed by atoms with E-state index in [2.05, 4.69) is 9.97 Å². The Labute approximate surface area is 166 Å². The summed E-state index contributed by atoms with van der Waals surface area (Å²) in [6.45, 7) is 1.61. The molecule has 8 heteroatoms. The fourth-order valence-corrected chi connectivity index (χ4v) is 4.82. The maximum absolute atomic E-state index is 12.9. The average molecular weight is 394 g/mol. The molecule has 1 aliphatic carbocycles. The smallest absolute Gasteiger partial charge is 0.325 e. The Morgan fingerprint density at radius 1 is 1.00 bits per heavy atom. The van der Waals surface area contributed by atoms with Crippen molar-refractivity contribution in [2.75, 3.05) is 19.6 Å². The van der Waals surface area contributed by atoms with E-state index in [0.29, 0.717) is 19.6 Å². The number of hydrogen-bond donors (Lipinski definition) is 2. The van der Waals surface area contributed by atoms with Gasteiger partial charge in [0.05, 0.1) is 6.04 Å². The number of H-pyrrole nitrogens is 2. The molecular formula is C21H22N4O4. The maximum Gasteiger partial charge on any atom is 0.325 e. The van der Waals surface area contributed by atoms with Crippen molar-refractivity contribution in [1.82, 2.24) is 19.8 Å². The van der Waals surface area contributed by atoms with E-state index in [-0.39, 0.29) is 41.2 Å². The quantitative estimate of drug-likeness (QED) is 0.801. The van der Waals surface area contributed by atoms with Gasteiger partial charge in [-0.05, 0) is 18.4 Å². The summed E-state index contributed by atoms with van der Waals surface area (Å²) in [5.41, 5.74) is -0.291. The van der Waals surface area contributed by atoms with Crippen LogP contribution in [-0.2, 0) is 4.79 Å². The Morgan fingerprint density at radius 2 is 1.76 bits per heavy atom. The van der Waals surface area contributed by atoms with Crippen molar-refractivity contribution >= 4 is 11.8 Å². The highest BCUT2D eigenvalue weighted by Gasteiger charge is 2.52. The molecule has 2 aromatic rings. The van der Waals surface area contributed by atoms with E-state index in [1.165, 1.54) is 6.20 Å². The highest BCUT2D eigenvalue weighted by molar-refractivity contribution is 5.93. The zero-order valence-electron chi connectivity index (χ0n) is 15.8. The maximum atomic E-state index is 12.9. The van der Waals surface area contributed by atoms with Gasteiger partial charge in [-0.1, -0.05) is 30.3 Å². The first-order valence-corrected chi connectivity index (χ1v) is 9.99. The minimum atomic E-state index is -0.680. The average Bonchev–Trinajstić information content (AvgIpc) is 3.39. The van der Waals surface area contributed by atoms with Gasteiger partial charge in [0.1, 0.15) is 5.56 Å². The Bertz CT molecular complexity index is 1070. The summed E-state index contributed by atoms with van der Waals surface area (Å²) in [6, 6.07) is 9.92. The van der Waals surface area contributed by atoms with Crippen molar-refractivity contribution in [3.05, 3.63) is 68.5 Å². The van der Waals surface area contributed by atoms with Crippen LogP contribution in [0.4, 0.5) is 0 Å². The molecule has 1 aromatic carbocycles. The van der Waals surface area contributed by atoms with Crippen molar-refractivity contribution in [3.8, 4) is 0 Å². The largest absolute Gasteiger partial charge is 0.338 e. The molecule has 0 bridgehead atoms. The molecule has 150 valence electrons. The van der Waals surface area contributed by atoms with Gasteiger partial charge in [0.2, 0.25) is 5.91 Å². The molecule has 3 heterocycles. The summed E-state index contributed by atoms with van der Waals surface area (Å²) in [5.74, 6) is 0.295. The molecule has 29 heavy (non-hydrogen) atoms. The van der Waals surface area contributed by atoms with Crippen LogP contribution in [-0.4, -0.2) is 51.2 Å². The minimum Gasteiger partial charge on any atom is -0.338 e. The van der Waals surface area contributed by atoms with Crippen LogP contribution in [0, 0.1) is 17.8 Å². The van der Waals surface area contributed by atoms with Crippen LogP contribution >= 0.6 is 0 Å². The molecule has 0 radical (unpaired) electrons. The van der Waals surface area contributed by atoms with Crippen LogP contribution in [0.25, 0.3) is 0 Å². The zero-order valence-corrected chi connectivity index (χ0v) is 15.8. The van der Waals surface area contributed by atoms with Gasteiger partial charge in [0.25, 0.3) is 11.5 Å². The number of aromatic amines is 2. The number of likely N-dealkylation sites (tertiary alicyclic amines) is 2. The Kier molecular flexibility index (Phi) is 4.15. The second kappa shape index (κ2) is 6.72. The molecule has 1 saturated carbocycles. The first kappa shape index (κ1) is 17.9. The lowest BCUT2D eigenvalue weighted by molar-refractivity contribution is -0.134. The predicted octanol–water partition coefficient (Wildman–Crippen LogP) is 0.745. The van der Waals surface area contributed by atoms with Crippen LogP contribution < -0.4 is 11.2 Å². The number of carbonyl (C=O) groups is 2. The van der Waals surface area contributed by atoms with Crippen molar-refractivity contribution in [2.24, 2.45) is 17.8 Å². The molecule has 2 amide bonds. The Balaban J connectivity index is 1.42. The predicted molar refractivity (Wildman–Crippen MR) is 104 cm³/mol. The number of nitrogens with zero attached hydrogens (tertiary/aromatic N) is 2. The highest BCUT2D eigenvalue weighted by atomic mass is 16.2. The Hall–Kier alpha value is -3.16. The molecule has 2 saturated heterocycles. The van der Waals surface area contributed by atoms with Gasteiger partial charge in [0.15, 0.2) is 0 Å². The van der Waals surface area contributed by atoms with Gasteiger partial charge in [0, 0.05) is 43.6 Å². The van der Waals surface area contributed by atoms with E-state index in [4.69, 9.17) is 0 Å². The van der Waals surface area contributed by atoms with E-state index >= 15 is 0 Å². The van der Waals surface area contributed by atoms with E-state index < -0.39 is 11.2 Å². The molecule has 2 aliphatic heterocycles. The molecule has 1 aromatic heterocycles. The topological polar surface area (TPSA) is 106 Å². The summed E-state index contributed by atoms with van der Waals surface area (Å²) in [7, 11) is 0. The van der Waals surface area contributed by atoms with E-state index in [9.17, 15) is 19.2 Å². The fourth-order valence-electron chi connectivity index (χ4n) is 4.82. The van der Waals surface area contributed by atoms with Crippen LogP contribution in [0.1, 0.15) is 34.8 Å². The molecule has 3 fully saturated rings. The summed E-state index contributed by atoms with van der Waals surface area (Å²) in [4.78, 5) is 57.2. The van der Waals surface area contributed by atoms with Gasteiger partial charge in [-0.3, -0.25) is 19.4 Å². The van der Waals surface area contributed by atoms with E-state index in [1.54, 1.807) is 4.90 Å². The lowest BCUT2D eigenvalue weighted by Crippen LogP contribution is -2.40. The number of fused-ring (bicyclic) bond motifs is 1. The third-order valence-electron chi connectivity index (χ3n) is 6.35. The third kappa shape index (κ3) is 3.08. The first-order chi connectivity index (χ1) is 14.0. The molecule has 3 aliphatic rings. The standard InChI is InChI=1S/C21H22N4O4/c26-18-15(8-22-21(29)23-18)20(28)24-9-14-10-25(19(27)13-6-7-13)17(16(14)11-24)12-4-2-1-3-5-12/h1-5,8,13-14,16-17H,6-7,9-11H2,(H2,22,23,26,29)/t14-,16-,17+/m0/s1. The second-order valence-corrected chi connectivity index (χ2v) is 8.24. The number of hydrogen-bond acceptors (Lipinski definition) is 4. The van der Waals surface area contributed by atoms with Gasteiger partial charge in [-0.15, -0.1) is 0 Å². The molecule has 8 nitrogen and oxygen atoms in total. The summed E-state index contributed by atoms with van der Waals surface area (Å²) >= 11 is 0. The number of nitrogens with one attached hydrogen (secondary N) is 2. The molecule has 0 spiro atoms. The first-order valence-electron chi connectivity index (χ1n) is 9.99. The van der Waals surface area contributed by atoms with E-state index in [0.717, 1.165) is 18.4 Å². The van der Waals surface area contributed by atoms with Gasteiger partial charge in [-0.2, -0.15) is 0 Å². The number of aromatic nitrogens is 2. The van der Waals surface area contributed by atoms with Crippen LogP contribution in [0.3, 0.4) is 0 Å². The Morgan fingerprint density at radius 3 is 2.45 bits per heavy atom. The van der Waals surface area contributed by atoms with E-state index in [1.807, 2.05) is 35.2 Å². The van der Waals surface area contributed by atoms with Crippen LogP contribution in [0.2, 0.25) is 0 Å². The second-order valence-electron chi connectivity index (χ2n) is 8.24. The zero-order chi connectivity index (χ0) is 20.1. The number of amides is 2. The highest BCUT2D eigenvalue weighted by Crippen LogP contribution is 2.47. The summed E-state index contributed by atoms with van der Waals surface area (Å²) in [5, 5.41) is 0. The summed E-state index contributed by atoms with van der Waals surface area (Å²) in [6.07, 6.45) is 3.10. The lowest BCUT2D eigenvalue weighted by Gasteiger charge is -2.30. The summed E-state index contributed by atoms with van der Waals surface area (Å²) < 4.78 is 0. The molecule has 3 atom stereocenters. The SMILES string of the molecule is O=C(c1c[nH]c(=O)[nH]c1=O)N1C[C@H]2CN(C(=O)C3CC3)[C@H](c3ccccc3)[C@H]2C1. The van der Waals surface area contributed by atoms with Gasteiger partial charge in [-0.25, -0.2) is 4.79 Å². The van der Waals surface area contributed by atoms with Crippen molar-refractivity contribution in [3.63, 3.8) is 0 Å². The van der Waals surface area contributed by atoms with Crippen molar-refractivity contribution in [1.29, 1.82) is 0 Å². The van der Waals surface area contributed by atoms with Crippen LogP contribution in [0.15, 0.2) is 46.1 Å².